The van der Waals surface area contributed by atoms with Gasteiger partial charge in [0.1, 0.15) is 0 Å². The highest BCUT2D eigenvalue weighted by atomic mass is 16.3. The summed E-state index contributed by atoms with van der Waals surface area (Å²) in [6.07, 6.45) is 1.36. The van der Waals surface area contributed by atoms with E-state index in [0.717, 1.165) is 12.8 Å². The minimum absolute atomic E-state index is 0.0654. The number of aliphatic hydroxyl groups is 2. The first-order valence-electron chi connectivity index (χ1n) is 5.14. The highest BCUT2D eigenvalue weighted by Gasteiger charge is 2.70. The predicted octanol–water partition coefficient (Wildman–Crippen LogP) is 1.55. The Hall–Kier alpha value is -0.0800. The van der Waals surface area contributed by atoms with Crippen LogP contribution in [0.1, 0.15) is 40.5 Å². The molecule has 0 aromatic rings. The van der Waals surface area contributed by atoms with E-state index < -0.39 is 5.60 Å². The Morgan fingerprint density at radius 1 is 1.15 bits per heavy atom. The molecule has 0 saturated heterocycles. The average molecular weight is 184 g/mol. The highest BCUT2D eigenvalue weighted by Crippen LogP contribution is 2.69. The molecule has 2 rings (SSSR count). The van der Waals surface area contributed by atoms with Gasteiger partial charge in [-0.15, -0.1) is 0 Å². The third kappa shape index (κ3) is 0.774. The van der Waals surface area contributed by atoms with Crippen molar-refractivity contribution in [3.05, 3.63) is 0 Å². The van der Waals surface area contributed by atoms with Crippen LogP contribution in [0.5, 0.6) is 0 Å². The summed E-state index contributed by atoms with van der Waals surface area (Å²) < 4.78 is 0. The molecule has 2 heteroatoms. The Bertz CT molecular complexity index is 244. The predicted molar refractivity (Wildman–Crippen MR) is 51.2 cm³/mol. The van der Waals surface area contributed by atoms with E-state index in [4.69, 9.17) is 0 Å². The van der Waals surface area contributed by atoms with Gasteiger partial charge in [-0.25, -0.2) is 0 Å². The Balaban J connectivity index is 2.52. The van der Waals surface area contributed by atoms with Crippen LogP contribution < -0.4 is 0 Å². The first-order chi connectivity index (χ1) is 5.73. The lowest BCUT2D eigenvalue weighted by Gasteiger charge is -2.45. The number of hydrogen-bond donors (Lipinski definition) is 2. The van der Waals surface area contributed by atoms with Crippen LogP contribution in [0.15, 0.2) is 0 Å². The normalized spacial score (nSPS) is 58.6. The fourth-order valence-electron chi connectivity index (χ4n) is 3.74. The largest absolute Gasteiger partial charge is 0.392 e. The minimum atomic E-state index is -0.696. The Morgan fingerprint density at radius 2 is 1.69 bits per heavy atom. The van der Waals surface area contributed by atoms with E-state index in [9.17, 15) is 10.2 Å². The van der Waals surface area contributed by atoms with Crippen LogP contribution in [0.4, 0.5) is 0 Å². The zero-order valence-corrected chi connectivity index (χ0v) is 8.96. The molecule has 2 N–H and O–H groups in total. The summed E-state index contributed by atoms with van der Waals surface area (Å²) in [5.41, 5.74) is -0.959. The monoisotopic (exact) mass is 184 g/mol. The molecule has 0 heterocycles. The van der Waals surface area contributed by atoms with E-state index >= 15 is 0 Å². The molecule has 0 aromatic heterocycles. The van der Waals surface area contributed by atoms with E-state index in [-0.39, 0.29) is 16.9 Å². The molecule has 76 valence electrons. The first-order valence-corrected chi connectivity index (χ1v) is 5.14. The van der Waals surface area contributed by atoms with Gasteiger partial charge < -0.3 is 10.2 Å². The summed E-state index contributed by atoms with van der Waals surface area (Å²) in [4.78, 5) is 0. The maximum atomic E-state index is 10.3. The van der Waals surface area contributed by atoms with Crippen molar-refractivity contribution in [2.45, 2.75) is 52.2 Å². The van der Waals surface area contributed by atoms with Crippen molar-refractivity contribution >= 4 is 0 Å². The van der Waals surface area contributed by atoms with Crippen molar-refractivity contribution in [2.75, 3.05) is 0 Å². The molecule has 0 radical (unpaired) electrons. The standard InChI is InChI=1S/C11H20O2/c1-9(2)7-5-8(12)11(9,4)10(3,13)6-7/h7-8,12-13H,5-6H2,1-4H3/t7-,8+,10+,11+/m1/s1. The van der Waals surface area contributed by atoms with Crippen molar-refractivity contribution in [2.24, 2.45) is 16.7 Å². The van der Waals surface area contributed by atoms with Crippen LogP contribution in [0.25, 0.3) is 0 Å². The van der Waals surface area contributed by atoms with Gasteiger partial charge in [-0.2, -0.15) is 0 Å². The molecule has 13 heavy (non-hydrogen) atoms. The third-order valence-electron chi connectivity index (χ3n) is 5.30. The van der Waals surface area contributed by atoms with Crippen molar-refractivity contribution < 1.29 is 10.2 Å². The fourth-order valence-corrected chi connectivity index (χ4v) is 3.74. The van der Waals surface area contributed by atoms with Crippen LogP contribution in [-0.2, 0) is 0 Å². The molecule has 2 fully saturated rings. The van der Waals surface area contributed by atoms with Gasteiger partial charge in [0.05, 0.1) is 11.7 Å². The van der Waals surface area contributed by atoms with Gasteiger partial charge in [0, 0.05) is 5.41 Å². The maximum Gasteiger partial charge on any atom is 0.0705 e. The van der Waals surface area contributed by atoms with Crippen LogP contribution in [0.2, 0.25) is 0 Å². The van der Waals surface area contributed by atoms with E-state index in [1.165, 1.54) is 0 Å². The van der Waals surface area contributed by atoms with Gasteiger partial charge in [0.15, 0.2) is 0 Å². The number of rotatable bonds is 0. The molecule has 2 aliphatic rings. The topological polar surface area (TPSA) is 40.5 Å². The lowest BCUT2D eigenvalue weighted by molar-refractivity contribution is -0.133. The SMILES string of the molecule is CC1(C)[C@@H]2C[C@H](O)[C@]1(C)[C@@](C)(O)C2. The molecule has 2 saturated carbocycles. The summed E-state index contributed by atoms with van der Waals surface area (Å²) in [5.74, 6) is 0.475. The van der Waals surface area contributed by atoms with Crippen LogP contribution >= 0.6 is 0 Å². The van der Waals surface area contributed by atoms with E-state index in [1.54, 1.807) is 0 Å². The zero-order valence-electron chi connectivity index (χ0n) is 8.96. The molecule has 0 aromatic carbocycles. The van der Waals surface area contributed by atoms with E-state index in [0.29, 0.717) is 5.92 Å². The molecule has 2 nitrogen and oxygen atoms in total. The highest BCUT2D eigenvalue weighted by molar-refractivity contribution is 5.19. The third-order valence-corrected chi connectivity index (χ3v) is 5.30. The molecule has 2 aliphatic carbocycles. The minimum Gasteiger partial charge on any atom is -0.392 e. The summed E-state index contributed by atoms with van der Waals surface area (Å²) in [7, 11) is 0. The lowest BCUT2D eigenvalue weighted by Crippen LogP contribution is -2.51. The fraction of sp³-hybridized carbons (Fsp3) is 1.00. The molecule has 4 atom stereocenters. The van der Waals surface area contributed by atoms with Gasteiger partial charge in [-0.3, -0.25) is 0 Å². The number of aliphatic hydroxyl groups excluding tert-OH is 1. The van der Waals surface area contributed by atoms with Gasteiger partial charge >= 0.3 is 0 Å². The van der Waals surface area contributed by atoms with Crippen molar-refractivity contribution in [3.63, 3.8) is 0 Å². The number of hydrogen-bond acceptors (Lipinski definition) is 2. The van der Waals surface area contributed by atoms with Gasteiger partial charge in [0.25, 0.3) is 0 Å². The van der Waals surface area contributed by atoms with Crippen LogP contribution in [-0.4, -0.2) is 21.9 Å². The molecule has 0 unspecified atom stereocenters. The average Bonchev–Trinajstić information content (AvgIpc) is 2.18. The second kappa shape index (κ2) is 2.12. The molecular weight excluding hydrogens is 164 g/mol. The van der Waals surface area contributed by atoms with E-state index in [2.05, 4.69) is 13.8 Å². The van der Waals surface area contributed by atoms with Crippen LogP contribution in [0.3, 0.4) is 0 Å². The van der Waals surface area contributed by atoms with Gasteiger partial charge in [0.2, 0.25) is 0 Å². The molecule has 2 bridgehead atoms. The van der Waals surface area contributed by atoms with Gasteiger partial charge in [-0.05, 0) is 31.1 Å². The number of fused-ring (bicyclic) bond motifs is 2. The van der Waals surface area contributed by atoms with Crippen LogP contribution in [0, 0.1) is 16.7 Å². The summed E-state index contributed by atoms with van der Waals surface area (Å²) in [6.45, 7) is 8.26. The van der Waals surface area contributed by atoms with Crippen molar-refractivity contribution in [1.29, 1.82) is 0 Å². The summed E-state index contributed by atoms with van der Waals surface area (Å²) >= 11 is 0. The van der Waals surface area contributed by atoms with Crippen molar-refractivity contribution in [3.8, 4) is 0 Å². The summed E-state index contributed by atoms with van der Waals surface area (Å²) in [5, 5.41) is 20.3. The zero-order chi connectivity index (χ0) is 10.1. The Kier molecular flexibility index (Phi) is 1.54. The van der Waals surface area contributed by atoms with E-state index in [1.807, 2.05) is 13.8 Å². The molecular formula is C11H20O2. The van der Waals surface area contributed by atoms with Crippen molar-refractivity contribution in [1.82, 2.24) is 0 Å². The van der Waals surface area contributed by atoms with Gasteiger partial charge in [-0.1, -0.05) is 20.8 Å². The second-order valence-electron chi connectivity index (χ2n) is 5.85. The maximum absolute atomic E-state index is 10.3. The first kappa shape index (κ1) is 9.47. The smallest absolute Gasteiger partial charge is 0.0705 e. The molecule has 0 aliphatic heterocycles. The Morgan fingerprint density at radius 3 is 1.92 bits per heavy atom. The molecule has 0 amide bonds. The Labute approximate surface area is 80.0 Å². The lowest BCUT2D eigenvalue weighted by atomic mass is 9.64. The quantitative estimate of drug-likeness (QED) is 0.599. The summed E-state index contributed by atoms with van der Waals surface area (Å²) in [6, 6.07) is 0. The second-order valence-corrected chi connectivity index (χ2v) is 5.85. The molecule has 0 spiro atoms.